The molecule has 2 unspecified atom stereocenters. The summed E-state index contributed by atoms with van der Waals surface area (Å²) in [6, 6.07) is 22.5. The molecular formula is C27H24F4N4O3. The van der Waals surface area contributed by atoms with E-state index in [9.17, 15) is 22.4 Å². The van der Waals surface area contributed by atoms with E-state index in [0.717, 1.165) is 28.7 Å². The van der Waals surface area contributed by atoms with Crippen LogP contribution in [0.25, 0.3) is 10.9 Å². The number of carboxylic acid groups (broad SMARTS) is 1. The van der Waals surface area contributed by atoms with Crippen LogP contribution in [0, 0.1) is 11.7 Å². The van der Waals surface area contributed by atoms with Gasteiger partial charge in [0.2, 0.25) is 5.91 Å². The highest BCUT2D eigenvalue weighted by Gasteiger charge is 2.39. The normalized spacial score (nSPS) is 17.6. The molecule has 1 fully saturated rings. The molecule has 0 saturated carbocycles. The first kappa shape index (κ1) is 26.8. The number of alkyl halides is 3. The van der Waals surface area contributed by atoms with Crippen molar-refractivity contribution in [3.63, 3.8) is 0 Å². The summed E-state index contributed by atoms with van der Waals surface area (Å²) < 4.78 is 45.7. The van der Waals surface area contributed by atoms with Gasteiger partial charge in [-0.15, -0.1) is 0 Å². The zero-order valence-electron chi connectivity index (χ0n) is 20.0. The van der Waals surface area contributed by atoms with E-state index in [0.29, 0.717) is 13.1 Å². The minimum Gasteiger partial charge on any atom is -0.475 e. The Morgan fingerprint density at radius 3 is 2.45 bits per heavy atom. The quantitative estimate of drug-likeness (QED) is 0.310. The lowest BCUT2D eigenvalue weighted by Crippen LogP contribution is -2.28. The van der Waals surface area contributed by atoms with E-state index in [2.05, 4.69) is 32.5 Å². The summed E-state index contributed by atoms with van der Waals surface area (Å²) in [5.41, 5.74) is 3.72. The number of aliphatic carboxylic acids is 1. The molecule has 2 atom stereocenters. The number of likely N-dealkylation sites (tertiary alicyclic amines) is 1. The molecule has 1 aliphatic heterocycles. The number of carboxylic acids is 1. The highest BCUT2D eigenvalue weighted by molar-refractivity contribution is 5.95. The van der Waals surface area contributed by atoms with Crippen molar-refractivity contribution in [3.8, 4) is 0 Å². The standard InChI is InChI=1S/C25H23FN4O.C2HF3O2/c26-20-8-4-7-18(11-20)22-15-30(14-17-5-2-1-3-6-17)16-23(22)25(31)28-21-9-10-24-19(12-21)13-27-29-24;3-2(4,5)1(6)7/h1-13,22-23H,14-16H2,(H,27,29)(H,28,31);(H,6,7). The van der Waals surface area contributed by atoms with E-state index in [1.54, 1.807) is 18.3 Å². The van der Waals surface area contributed by atoms with E-state index in [1.165, 1.54) is 11.6 Å². The largest absolute Gasteiger partial charge is 0.490 e. The minimum absolute atomic E-state index is 0.0485. The number of nitrogens with zero attached hydrogens (tertiary/aromatic N) is 2. The SMILES string of the molecule is O=C(Nc1ccc2[nH]ncc2c1)C1CN(Cc2ccccc2)CC1c1cccc(F)c1.O=C(O)C(F)(F)F. The van der Waals surface area contributed by atoms with Crippen molar-refractivity contribution in [1.82, 2.24) is 15.1 Å². The van der Waals surface area contributed by atoms with Gasteiger partial charge in [-0.2, -0.15) is 18.3 Å². The molecule has 3 N–H and O–H groups in total. The van der Waals surface area contributed by atoms with Crippen LogP contribution in [0.5, 0.6) is 0 Å². The smallest absolute Gasteiger partial charge is 0.475 e. The predicted octanol–water partition coefficient (Wildman–Crippen LogP) is 5.19. The van der Waals surface area contributed by atoms with Crippen LogP contribution < -0.4 is 5.32 Å². The van der Waals surface area contributed by atoms with Gasteiger partial charge in [0.05, 0.1) is 17.6 Å². The van der Waals surface area contributed by atoms with Gasteiger partial charge in [-0.05, 0) is 41.5 Å². The molecule has 0 spiro atoms. The van der Waals surface area contributed by atoms with E-state index >= 15 is 0 Å². The van der Waals surface area contributed by atoms with Crippen LogP contribution in [0.15, 0.2) is 79.0 Å². The van der Waals surface area contributed by atoms with Gasteiger partial charge in [0.25, 0.3) is 0 Å². The maximum Gasteiger partial charge on any atom is 0.490 e. The average Bonchev–Trinajstić information content (AvgIpc) is 3.51. The van der Waals surface area contributed by atoms with Crippen LogP contribution in [0.4, 0.5) is 23.2 Å². The number of carbonyl (C=O) groups is 2. The van der Waals surface area contributed by atoms with Crippen LogP contribution in [-0.4, -0.2) is 51.3 Å². The molecule has 0 bridgehead atoms. The summed E-state index contributed by atoms with van der Waals surface area (Å²) in [7, 11) is 0. The summed E-state index contributed by atoms with van der Waals surface area (Å²) in [5, 5.41) is 18.1. The highest BCUT2D eigenvalue weighted by atomic mass is 19.4. The Bertz CT molecular complexity index is 1410. The average molecular weight is 529 g/mol. The topological polar surface area (TPSA) is 98.3 Å². The molecule has 38 heavy (non-hydrogen) atoms. The fourth-order valence-electron chi connectivity index (χ4n) is 4.45. The second kappa shape index (κ2) is 11.4. The number of anilines is 1. The van der Waals surface area contributed by atoms with Crippen LogP contribution in [-0.2, 0) is 16.1 Å². The first-order valence-electron chi connectivity index (χ1n) is 11.7. The number of amides is 1. The number of nitrogens with one attached hydrogen (secondary N) is 2. The van der Waals surface area contributed by atoms with Gasteiger partial charge in [0.15, 0.2) is 0 Å². The summed E-state index contributed by atoms with van der Waals surface area (Å²) in [5.74, 6) is -3.42. The van der Waals surface area contributed by atoms with Crippen molar-refractivity contribution in [2.75, 3.05) is 18.4 Å². The van der Waals surface area contributed by atoms with Crippen LogP contribution >= 0.6 is 0 Å². The van der Waals surface area contributed by atoms with Gasteiger partial charge in [-0.3, -0.25) is 14.8 Å². The molecule has 0 aliphatic carbocycles. The molecule has 1 aliphatic rings. The molecule has 7 nitrogen and oxygen atoms in total. The van der Waals surface area contributed by atoms with E-state index in [-0.39, 0.29) is 23.6 Å². The summed E-state index contributed by atoms with van der Waals surface area (Å²) in [6.45, 7) is 2.09. The van der Waals surface area contributed by atoms with Gasteiger partial charge in [0.1, 0.15) is 5.82 Å². The molecule has 11 heteroatoms. The molecule has 1 aromatic heterocycles. The maximum absolute atomic E-state index is 13.9. The van der Waals surface area contributed by atoms with Crippen molar-refractivity contribution in [2.45, 2.75) is 18.6 Å². The number of carbonyl (C=O) groups excluding carboxylic acids is 1. The highest BCUT2D eigenvalue weighted by Crippen LogP contribution is 2.35. The lowest BCUT2D eigenvalue weighted by atomic mass is 9.88. The predicted molar refractivity (Wildman–Crippen MR) is 133 cm³/mol. The van der Waals surface area contributed by atoms with Crippen LogP contribution in [0.2, 0.25) is 0 Å². The Hall–Kier alpha value is -4.25. The van der Waals surface area contributed by atoms with Crippen molar-refractivity contribution < 1.29 is 32.3 Å². The molecule has 0 radical (unpaired) electrons. The third-order valence-corrected chi connectivity index (χ3v) is 6.21. The number of hydrogen-bond acceptors (Lipinski definition) is 4. The van der Waals surface area contributed by atoms with Crippen molar-refractivity contribution in [2.24, 2.45) is 5.92 Å². The van der Waals surface area contributed by atoms with Gasteiger partial charge in [-0.25, -0.2) is 9.18 Å². The minimum atomic E-state index is -5.08. The molecule has 1 amide bonds. The zero-order chi connectivity index (χ0) is 27.3. The number of aromatic nitrogens is 2. The summed E-state index contributed by atoms with van der Waals surface area (Å²) in [4.78, 5) is 24.5. The van der Waals surface area contributed by atoms with Gasteiger partial charge in [0, 0.05) is 36.6 Å². The number of aromatic amines is 1. The summed E-state index contributed by atoms with van der Waals surface area (Å²) >= 11 is 0. The van der Waals surface area contributed by atoms with E-state index < -0.39 is 12.1 Å². The Kier molecular flexibility index (Phi) is 8.06. The van der Waals surface area contributed by atoms with Gasteiger partial charge >= 0.3 is 12.1 Å². The molecular weight excluding hydrogens is 504 g/mol. The molecule has 4 aromatic rings. The summed E-state index contributed by atoms with van der Waals surface area (Å²) in [6.07, 6.45) is -3.35. The zero-order valence-corrected chi connectivity index (χ0v) is 20.0. The third-order valence-electron chi connectivity index (χ3n) is 6.21. The van der Waals surface area contributed by atoms with Gasteiger partial charge in [-0.1, -0.05) is 42.5 Å². The Balaban J connectivity index is 0.000000426. The number of benzene rings is 3. The molecule has 3 aromatic carbocycles. The van der Waals surface area contributed by atoms with Crippen molar-refractivity contribution in [1.29, 1.82) is 0 Å². The number of hydrogen-bond donors (Lipinski definition) is 3. The molecule has 198 valence electrons. The first-order valence-corrected chi connectivity index (χ1v) is 11.7. The molecule has 2 heterocycles. The van der Waals surface area contributed by atoms with Crippen molar-refractivity contribution in [3.05, 3.63) is 95.9 Å². The number of fused-ring (bicyclic) bond motifs is 1. The van der Waals surface area contributed by atoms with Crippen LogP contribution in [0.1, 0.15) is 17.0 Å². The lowest BCUT2D eigenvalue weighted by Gasteiger charge is -2.18. The Morgan fingerprint density at radius 2 is 1.76 bits per heavy atom. The second-order valence-corrected chi connectivity index (χ2v) is 8.91. The number of H-pyrrole nitrogens is 1. The first-order chi connectivity index (χ1) is 18.1. The van der Waals surface area contributed by atoms with Gasteiger partial charge < -0.3 is 10.4 Å². The second-order valence-electron chi connectivity index (χ2n) is 8.91. The fourth-order valence-corrected chi connectivity index (χ4v) is 4.45. The van der Waals surface area contributed by atoms with Crippen molar-refractivity contribution >= 4 is 28.5 Å². The third kappa shape index (κ3) is 6.74. The fraction of sp³-hybridized carbons (Fsp3) is 0.222. The molecule has 1 saturated heterocycles. The maximum atomic E-state index is 13.9. The molecule has 5 rings (SSSR count). The Morgan fingerprint density at radius 1 is 1.03 bits per heavy atom. The van der Waals surface area contributed by atoms with E-state index in [1.807, 2.05) is 42.5 Å². The number of halogens is 4. The van der Waals surface area contributed by atoms with Crippen LogP contribution in [0.3, 0.4) is 0 Å². The lowest BCUT2D eigenvalue weighted by molar-refractivity contribution is -0.192. The van der Waals surface area contributed by atoms with E-state index in [4.69, 9.17) is 9.90 Å². The Labute approximate surface area is 215 Å². The monoisotopic (exact) mass is 528 g/mol. The number of rotatable bonds is 5.